The maximum absolute atomic E-state index is 13.1. The molecule has 0 spiro atoms. The van der Waals surface area contributed by atoms with Gasteiger partial charge in [0.15, 0.2) is 0 Å². The number of rotatable bonds is 3. The largest absolute Gasteiger partial charge is 0.508 e. The minimum absolute atomic E-state index is 0.0256. The van der Waals surface area contributed by atoms with Crippen LogP contribution in [-0.2, 0) is 9.59 Å². The second-order valence-corrected chi connectivity index (χ2v) is 7.62. The molecule has 6 nitrogen and oxygen atoms in total. The predicted molar refractivity (Wildman–Crippen MR) is 117 cm³/mol. The molecule has 0 aromatic heterocycles. The molecule has 1 unspecified atom stereocenters. The first-order valence-corrected chi connectivity index (χ1v) is 9.74. The average molecular weight is 415 g/mol. The topological polar surface area (TPSA) is 98.1 Å². The first-order chi connectivity index (χ1) is 14.8. The van der Waals surface area contributed by atoms with Crippen LogP contribution in [0, 0.1) is 13.8 Å². The molecule has 1 heterocycles. The first kappa shape index (κ1) is 20.2. The Balaban J connectivity index is 1.97. The van der Waals surface area contributed by atoms with Crippen LogP contribution in [0.25, 0.3) is 5.76 Å². The van der Waals surface area contributed by atoms with Crippen molar-refractivity contribution in [2.24, 2.45) is 0 Å². The van der Waals surface area contributed by atoms with Gasteiger partial charge in [-0.1, -0.05) is 48.0 Å². The molecule has 0 radical (unpaired) electrons. The Morgan fingerprint density at radius 1 is 0.839 bits per heavy atom. The number of aromatic hydroxyl groups is 2. The van der Waals surface area contributed by atoms with Gasteiger partial charge in [-0.25, -0.2) is 0 Å². The van der Waals surface area contributed by atoms with Crippen molar-refractivity contribution in [3.8, 4) is 11.5 Å². The number of carbonyl (C=O) groups is 2. The highest BCUT2D eigenvalue weighted by Crippen LogP contribution is 2.45. The molecule has 1 aliphatic rings. The van der Waals surface area contributed by atoms with E-state index in [-0.39, 0.29) is 28.5 Å². The van der Waals surface area contributed by atoms with Gasteiger partial charge in [0, 0.05) is 5.56 Å². The second kappa shape index (κ2) is 7.65. The number of nitrogens with zero attached hydrogens (tertiary/aromatic N) is 1. The average Bonchev–Trinajstić information content (AvgIpc) is 3.01. The van der Waals surface area contributed by atoms with E-state index in [0.717, 1.165) is 11.1 Å². The summed E-state index contributed by atoms with van der Waals surface area (Å²) in [6.07, 6.45) is 0. The van der Waals surface area contributed by atoms with Crippen molar-refractivity contribution < 1.29 is 24.9 Å². The summed E-state index contributed by atoms with van der Waals surface area (Å²) in [5.74, 6) is -2.14. The third-order valence-corrected chi connectivity index (χ3v) is 5.37. The second-order valence-electron chi connectivity index (χ2n) is 7.62. The molecule has 1 fully saturated rings. The molecule has 3 aromatic carbocycles. The standard InChI is InChI=1S/C25H21NO5/c1-14-3-6-17(7-4-14)23(29)21-22(16-8-10-18(27)11-9-16)26(25(31)24(21)30)19-13-15(2)5-12-20(19)28/h3-13,22,27-29H,1-2H3/b23-21+. The van der Waals surface area contributed by atoms with Crippen molar-refractivity contribution in [2.45, 2.75) is 19.9 Å². The monoisotopic (exact) mass is 415 g/mol. The van der Waals surface area contributed by atoms with Crippen molar-refractivity contribution >= 4 is 23.1 Å². The highest BCUT2D eigenvalue weighted by molar-refractivity contribution is 6.51. The molecule has 0 aliphatic carbocycles. The quantitative estimate of drug-likeness (QED) is 0.336. The number of aliphatic hydroxyl groups is 1. The van der Waals surface area contributed by atoms with E-state index in [1.807, 2.05) is 6.92 Å². The Bertz CT molecular complexity index is 1210. The summed E-state index contributed by atoms with van der Waals surface area (Å²) in [5, 5.41) is 31.2. The number of ketones is 1. The van der Waals surface area contributed by atoms with Gasteiger partial charge in [0.1, 0.15) is 17.3 Å². The minimum atomic E-state index is -0.977. The van der Waals surface area contributed by atoms with Crippen molar-refractivity contribution in [3.63, 3.8) is 0 Å². The van der Waals surface area contributed by atoms with E-state index in [9.17, 15) is 24.9 Å². The van der Waals surface area contributed by atoms with Crippen molar-refractivity contribution in [1.29, 1.82) is 0 Å². The maximum Gasteiger partial charge on any atom is 0.300 e. The van der Waals surface area contributed by atoms with Gasteiger partial charge in [-0.05, 0) is 49.2 Å². The Hall–Kier alpha value is -4.06. The van der Waals surface area contributed by atoms with Crippen LogP contribution in [0.1, 0.15) is 28.3 Å². The van der Waals surface area contributed by atoms with Crippen LogP contribution in [0.3, 0.4) is 0 Å². The van der Waals surface area contributed by atoms with Gasteiger partial charge in [-0.3, -0.25) is 14.5 Å². The molecule has 4 rings (SSSR count). The van der Waals surface area contributed by atoms with Crippen molar-refractivity contribution in [2.75, 3.05) is 4.90 Å². The summed E-state index contributed by atoms with van der Waals surface area (Å²) in [6.45, 7) is 3.71. The Morgan fingerprint density at radius 2 is 1.45 bits per heavy atom. The first-order valence-electron chi connectivity index (χ1n) is 9.74. The van der Waals surface area contributed by atoms with Gasteiger partial charge in [0.05, 0.1) is 17.3 Å². The van der Waals surface area contributed by atoms with Crippen molar-refractivity contribution in [3.05, 3.63) is 94.6 Å². The molecule has 31 heavy (non-hydrogen) atoms. The number of carbonyl (C=O) groups excluding carboxylic acids is 2. The summed E-state index contributed by atoms with van der Waals surface area (Å²) in [6, 6.07) is 16.8. The molecule has 3 N–H and O–H groups in total. The van der Waals surface area contributed by atoms with Crippen LogP contribution in [0.15, 0.2) is 72.3 Å². The van der Waals surface area contributed by atoms with E-state index in [1.165, 1.54) is 23.1 Å². The zero-order valence-electron chi connectivity index (χ0n) is 17.0. The summed E-state index contributed by atoms with van der Waals surface area (Å²) >= 11 is 0. The molecular formula is C25H21NO5. The zero-order valence-corrected chi connectivity index (χ0v) is 17.0. The molecule has 6 heteroatoms. The number of phenols is 2. The molecule has 1 amide bonds. The summed E-state index contributed by atoms with van der Waals surface area (Å²) in [5.41, 5.74) is 2.77. The molecule has 0 bridgehead atoms. The van der Waals surface area contributed by atoms with Gasteiger partial charge in [-0.2, -0.15) is 0 Å². The molecule has 1 aliphatic heterocycles. The normalized spacial score (nSPS) is 17.9. The number of benzene rings is 3. The van der Waals surface area contributed by atoms with E-state index < -0.39 is 17.7 Å². The van der Waals surface area contributed by atoms with E-state index in [2.05, 4.69) is 0 Å². The fraction of sp³-hybridized carbons (Fsp3) is 0.120. The fourth-order valence-corrected chi connectivity index (χ4v) is 3.75. The van der Waals surface area contributed by atoms with E-state index in [1.54, 1.807) is 55.5 Å². The van der Waals surface area contributed by atoms with Gasteiger partial charge < -0.3 is 15.3 Å². The number of anilines is 1. The lowest BCUT2D eigenvalue weighted by atomic mass is 9.94. The number of aliphatic hydroxyl groups excluding tert-OH is 1. The van der Waals surface area contributed by atoms with E-state index in [4.69, 9.17) is 0 Å². The van der Waals surface area contributed by atoms with Gasteiger partial charge in [-0.15, -0.1) is 0 Å². The number of hydrogen-bond acceptors (Lipinski definition) is 5. The molecule has 1 saturated heterocycles. The molecular weight excluding hydrogens is 394 g/mol. The van der Waals surface area contributed by atoms with Crippen LogP contribution in [-0.4, -0.2) is 27.0 Å². The maximum atomic E-state index is 13.1. The van der Waals surface area contributed by atoms with Crippen LogP contribution >= 0.6 is 0 Å². The third kappa shape index (κ3) is 3.53. The van der Waals surface area contributed by atoms with Crippen LogP contribution in [0.5, 0.6) is 11.5 Å². The van der Waals surface area contributed by atoms with Gasteiger partial charge in [0.2, 0.25) is 0 Å². The number of Topliss-reactive ketones (excluding diaryl/α,β-unsaturated/α-hetero) is 1. The van der Waals surface area contributed by atoms with Crippen LogP contribution in [0.2, 0.25) is 0 Å². The van der Waals surface area contributed by atoms with Crippen LogP contribution < -0.4 is 4.90 Å². The molecule has 3 aromatic rings. The van der Waals surface area contributed by atoms with Crippen molar-refractivity contribution in [1.82, 2.24) is 0 Å². The number of aryl methyl sites for hydroxylation is 2. The summed E-state index contributed by atoms with van der Waals surface area (Å²) in [7, 11) is 0. The lowest BCUT2D eigenvalue weighted by molar-refractivity contribution is -0.132. The highest BCUT2D eigenvalue weighted by Gasteiger charge is 2.47. The molecule has 156 valence electrons. The van der Waals surface area contributed by atoms with E-state index >= 15 is 0 Å². The third-order valence-electron chi connectivity index (χ3n) is 5.37. The minimum Gasteiger partial charge on any atom is -0.508 e. The van der Waals surface area contributed by atoms with Gasteiger partial charge >= 0.3 is 0 Å². The Morgan fingerprint density at radius 3 is 2.10 bits per heavy atom. The van der Waals surface area contributed by atoms with E-state index in [0.29, 0.717) is 11.1 Å². The van der Waals surface area contributed by atoms with Gasteiger partial charge in [0.25, 0.3) is 11.7 Å². The summed E-state index contributed by atoms with van der Waals surface area (Å²) < 4.78 is 0. The number of phenolic OH excluding ortho intramolecular Hbond substituents is 2. The number of hydrogen-bond donors (Lipinski definition) is 3. The fourth-order valence-electron chi connectivity index (χ4n) is 3.75. The molecule has 0 saturated carbocycles. The smallest absolute Gasteiger partial charge is 0.300 e. The lowest BCUT2D eigenvalue weighted by Crippen LogP contribution is -2.29. The zero-order chi connectivity index (χ0) is 22.3. The lowest BCUT2D eigenvalue weighted by Gasteiger charge is -2.26. The summed E-state index contributed by atoms with van der Waals surface area (Å²) in [4.78, 5) is 27.4. The predicted octanol–water partition coefficient (Wildman–Crippen LogP) is 4.34. The number of amides is 1. The molecule has 1 atom stereocenters. The highest BCUT2D eigenvalue weighted by atomic mass is 16.3. The van der Waals surface area contributed by atoms with Crippen LogP contribution in [0.4, 0.5) is 5.69 Å². The Kier molecular flexibility index (Phi) is 4.99. The Labute approximate surface area is 179 Å². The SMILES string of the molecule is Cc1ccc(/C(O)=C2\C(=O)C(=O)N(c3cc(C)ccc3O)C2c2ccc(O)cc2)cc1.